The number of fused-ring (bicyclic) bond motifs is 1. The monoisotopic (exact) mass is 845 g/mol. The zero-order valence-corrected chi connectivity index (χ0v) is 35.3. The van der Waals surface area contributed by atoms with E-state index in [9.17, 15) is 32.4 Å². The highest BCUT2D eigenvalue weighted by Gasteiger charge is 2.62. The quantitative estimate of drug-likeness (QED) is 0.111. The number of nitrogens with zero attached hydrogens (tertiary/aromatic N) is 2. The molecule has 3 aromatic rings. The first-order valence-corrected chi connectivity index (χ1v) is 21.1. The average Bonchev–Trinajstić information content (AvgIpc) is 4.12. The van der Waals surface area contributed by atoms with Crippen molar-refractivity contribution >= 4 is 50.7 Å². The van der Waals surface area contributed by atoms with Crippen molar-refractivity contribution in [1.82, 2.24) is 25.2 Å². The van der Waals surface area contributed by atoms with Gasteiger partial charge < -0.3 is 34.5 Å². The first kappa shape index (κ1) is 43.6. The zero-order chi connectivity index (χ0) is 43.8. The summed E-state index contributed by atoms with van der Waals surface area (Å²) in [5.74, 6) is -3.08. The maximum atomic E-state index is 14.9. The molecule has 1 saturated heterocycles. The Balaban J connectivity index is 1.38. The van der Waals surface area contributed by atoms with Crippen LogP contribution in [-0.2, 0) is 38.7 Å². The summed E-state index contributed by atoms with van der Waals surface area (Å²) < 4.78 is 51.0. The second kappa shape index (κ2) is 16.6. The smallest absolute Gasteiger partial charge is 0.408 e. The van der Waals surface area contributed by atoms with E-state index >= 15 is 0 Å². The molecule has 60 heavy (non-hydrogen) atoms. The maximum Gasteiger partial charge on any atom is 0.408 e. The van der Waals surface area contributed by atoms with Gasteiger partial charge in [-0.25, -0.2) is 23.0 Å². The molecule has 0 bridgehead atoms. The normalized spacial score (nSPS) is 21.8. The van der Waals surface area contributed by atoms with E-state index in [1.54, 1.807) is 45.0 Å². The number of esters is 1. The molecule has 2 aromatic carbocycles. The number of ether oxygens (including phenoxy) is 4. The Labute approximate surface area is 349 Å². The summed E-state index contributed by atoms with van der Waals surface area (Å²) in [5.41, 5.74) is -2.43. The predicted octanol–water partition coefficient (Wildman–Crippen LogP) is 4.33. The van der Waals surface area contributed by atoms with Gasteiger partial charge in [-0.2, -0.15) is 0 Å². The second-order valence-corrected chi connectivity index (χ2v) is 18.7. The first-order chi connectivity index (χ1) is 28.2. The molecule has 5 atom stereocenters. The Hall–Kier alpha value is -5.97. The van der Waals surface area contributed by atoms with Crippen LogP contribution in [0.4, 0.5) is 4.79 Å². The highest BCUT2D eigenvalue weighted by atomic mass is 32.2. The molecule has 16 nitrogen and oxygen atoms in total. The molecule has 3 aliphatic rings. The first-order valence-electron chi connectivity index (χ1n) is 19.6. The lowest BCUT2D eigenvalue weighted by molar-refractivity contribution is -0.159. The summed E-state index contributed by atoms with van der Waals surface area (Å²) in [6.45, 7) is 14.7. The second-order valence-electron chi connectivity index (χ2n) is 16.7. The molecule has 1 aromatic heterocycles. The molecule has 4 amide bonds. The zero-order valence-electron chi connectivity index (χ0n) is 34.5. The molecule has 320 valence electrons. The lowest BCUT2D eigenvalue weighted by Crippen LogP contribution is -2.63. The maximum absolute atomic E-state index is 14.9. The number of carbonyl (C=O) groups excluding carboxylic acids is 5. The van der Waals surface area contributed by atoms with Gasteiger partial charge >= 0.3 is 12.1 Å². The van der Waals surface area contributed by atoms with Crippen molar-refractivity contribution in [2.75, 3.05) is 13.7 Å². The number of alkyl carbamates (subject to hydrolysis) is 1. The molecule has 2 aliphatic carbocycles. The van der Waals surface area contributed by atoms with Crippen molar-refractivity contribution < 1.29 is 51.3 Å². The molecular formula is C43H51N5O11S. The number of hydrogen-bond donors (Lipinski definition) is 3. The summed E-state index contributed by atoms with van der Waals surface area (Å²) in [6.07, 6.45) is 1.29. The number of nitrogens with one attached hydrogen (secondary N) is 3. The SMILES string of the molecule is C=CC(=O)OC(C)(C)[C@H](NC(=O)OC(C)(C)C)C(=O)N1CC(Oc2cc(-c3ccccc3)nc3cc(OC)ccc23)C[C@H]1C(=O)N[C@]1(C(=O)NS(=O)(=O)C2CC2)C[C@H]1C=C. The molecule has 2 saturated carbocycles. The lowest BCUT2D eigenvalue weighted by atomic mass is 9.96. The van der Waals surface area contributed by atoms with Crippen LogP contribution >= 0.6 is 0 Å². The van der Waals surface area contributed by atoms with Crippen LogP contribution < -0.4 is 24.8 Å². The fourth-order valence-corrected chi connectivity index (χ4v) is 8.58. The van der Waals surface area contributed by atoms with E-state index in [1.165, 1.54) is 31.9 Å². The number of aromatic nitrogens is 1. The predicted molar refractivity (Wildman–Crippen MR) is 221 cm³/mol. The summed E-state index contributed by atoms with van der Waals surface area (Å²) in [5, 5.41) is 5.21. The number of carbonyl (C=O) groups is 5. The van der Waals surface area contributed by atoms with Gasteiger partial charge in [-0.3, -0.25) is 19.1 Å². The van der Waals surface area contributed by atoms with Crippen LogP contribution in [0.15, 0.2) is 79.9 Å². The number of rotatable bonds is 15. The van der Waals surface area contributed by atoms with E-state index in [-0.39, 0.29) is 19.4 Å². The van der Waals surface area contributed by atoms with Crippen molar-refractivity contribution in [2.45, 2.75) is 100 Å². The van der Waals surface area contributed by atoms with Crippen LogP contribution in [0.25, 0.3) is 22.2 Å². The van der Waals surface area contributed by atoms with Gasteiger partial charge in [0.1, 0.15) is 40.4 Å². The van der Waals surface area contributed by atoms with E-state index in [0.29, 0.717) is 40.9 Å². The van der Waals surface area contributed by atoms with Crippen molar-refractivity contribution in [3.05, 3.63) is 79.9 Å². The standard InChI is InChI=1S/C43H51N5O11S/c1-9-26-23-43(26,39(52)47-60(54,55)29-17-18-29)46-37(50)33-21-28(24-48(33)38(51)36(42(6,7)58-35(49)10-2)45-40(53)59-41(3,4)5)57-34-22-31(25-14-12-11-13-15-25)44-32-20-27(56-8)16-19-30(32)34/h9-16,19-20,22,26,28-29,33,36H,1-2,17-18,21,23-24H2,3-8H3,(H,45,53)(H,46,50)(H,47,52)/t26-,28?,33+,36-,43-/m1/s1. The van der Waals surface area contributed by atoms with E-state index in [4.69, 9.17) is 23.9 Å². The number of hydrogen-bond acceptors (Lipinski definition) is 12. The van der Waals surface area contributed by atoms with Crippen LogP contribution in [0.2, 0.25) is 0 Å². The highest BCUT2D eigenvalue weighted by Crippen LogP contribution is 2.46. The van der Waals surface area contributed by atoms with Crippen LogP contribution in [0.5, 0.6) is 11.5 Å². The Bertz CT molecular complexity index is 2320. The van der Waals surface area contributed by atoms with Gasteiger partial charge in [-0.15, -0.1) is 6.58 Å². The van der Waals surface area contributed by atoms with Crippen molar-refractivity contribution in [3.8, 4) is 22.8 Å². The minimum absolute atomic E-state index is 0.0664. The topological polar surface area (TPSA) is 209 Å². The fraction of sp³-hybridized carbons (Fsp3) is 0.442. The molecule has 0 spiro atoms. The van der Waals surface area contributed by atoms with Crippen molar-refractivity contribution in [2.24, 2.45) is 5.92 Å². The molecule has 2 heterocycles. The Morgan fingerprint density at radius 2 is 1.68 bits per heavy atom. The summed E-state index contributed by atoms with van der Waals surface area (Å²) in [7, 11) is -2.44. The van der Waals surface area contributed by atoms with Gasteiger partial charge in [0.25, 0.3) is 5.91 Å². The number of amides is 4. The van der Waals surface area contributed by atoms with Crippen molar-refractivity contribution in [1.29, 1.82) is 0 Å². The van der Waals surface area contributed by atoms with E-state index < -0.39 is 85.9 Å². The van der Waals surface area contributed by atoms with Gasteiger partial charge in [0.2, 0.25) is 21.8 Å². The van der Waals surface area contributed by atoms with Crippen LogP contribution in [0.1, 0.15) is 60.3 Å². The van der Waals surface area contributed by atoms with E-state index in [1.807, 2.05) is 30.3 Å². The van der Waals surface area contributed by atoms with Crippen LogP contribution in [0.3, 0.4) is 0 Å². The molecule has 6 rings (SSSR count). The number of pyridine rings is 1. The van der Waals surface area contributed by atoms with Gasteiger partial charge in [-0.1, -0.05) is 43.0 Å². The van der Waals surface area contributed by atoms with E-state index in [0.717, 1.165) is 11.6 Å². The molecular weight excluding hydrogens is 795 g/mol. The van der Waals surface area contributed by atoms with Crippen LogP contribution in [-0.4, -0.2) is 102 Å². The minimum Gasteiger partial charge on any atom is -0.497 e. The average molecular weight is 846 g/mol. The van der Waals surface area contributed by atoms with Gasteiger partial charge in [0.15, 0.2) is 6.04 Å². The molecule has 1 aliphatic heterocycles. The van der Waals surface area contributed by atoms with Crippen molar-refractivity contribution in [3.63, 3.8) is 0 Å². The number of likely N-dealkylation sites (tertiary alicyclic amines) is 1. The number of sulfonamides is 1. The number of methoxy groups -OCH3 is 1. The van der Waals surface area contributed by atoms with Gasteiger partial charge in [-0.05, 0) is 66.0 Å². The minimum atomic E-state index is -3.98. The molecule has 3 fully saturated rings. The Kier molecular flexibility index (Phi) is 12.1. The third-order valence-corrected chi connectivity index (χ3v) is 12.4. The summed E-state index contributed by atoms with van der Waals surface area (Å²) in [4.78, 5) is 74.9. The van der Waals surface area contributed by atoms with Crippen LogP contribution in [0, 0.1) is 5.92 Å². The number of benzene rings is 2. The van der Waals surface area contributed by atoms with E-state index in [2.05, 4.69) is 28.5 Å². The molecule has 17 heteroatoms. The fourth-order valence-electron chi connectivity index (χ4n) is 7.22. The van der Waals surface area contributed by atoms with Gasteiger partial charge in [0, 0.05) is 41.5 Å². The Morgan fingerprint density at radius 3 is 2.28 bits per heavy atom. The molecule has 1 unspecified atom stereocenters. The third kappa shape index (κ3) is 9.56. The largest absolute Gasteiger partial charge is 0.497 e. The van der Waals surface area contributed by atoms with Gasteiger partial charge in [0.05, 0.1) is 30.1 Å². The lowest BCUT2D eigenvalue weighted by Gasteiger charge is -2.37. The Morgan fingerprint density at radius 1 is 0.983 bits per heavy atom. The molecule has 0 radical (unpaired) electrons. The third-order valence-electron chi connectivity index (χ3n) is 10.6. The molecule has 3 N–H and O–H groups in total. The highest BCUT2D eigenvalue weighted by molar-refractivity contribution is 7.91. The summed E-state index contributed by atoms with van der Waals surface area (Å²) in [6, 6.07) is 13.5. The summed E-state index contributed by atoms with van der Waals surface area (Å²) >= 11 is 0.